The maximum absolute atomic E-state index is 13.3. The van der Waals surface area contributed by atoms with Crippen molar-refractivity contribution < 1.29 is 4.79 Å². The molecule has 0 aliphatic carbocycles. The number of Topliss-reactive ketones (excluding diaryl/α,β-unsaturated/α-hetero) is 1. The number of ketones is 1. The first-order chi connectivity index (χ1) is 15.3. The van der Waals surface area contributed by atoms with Crippen molar-refractivity contribution in [2.75, 3.05) is 0 Å². The Morgan fingerprint density at radius 2 is 1.35 bits per heavy atom. The first-order valence-corrected chi connectivity index (χ1v) is 12.6. The molecule has 0 aromatic heterocycles. The molecule has 0 amide bonds. The normalized spacial score (nSPS) is 11.9. The molecule has 168 valence electrons. The van der Waals surface area contributed by atoms with Crippen molar-refractivity contribution >= 4 is 11.9 Å². The zero-order valence-electron chi connectivity index (χ0n) is 19.7. The van der Waals surface area contributed by atoms with Gasteiger partial charge in [-0.05, 0) is 17.5 Å². The fourth-order valence-electron chi connectivity index (χ4n) is 4.34. The predicted octanol–water partition coefficient (Wildman–Crippen LogP) is 9.39. The van der Waals surface area contributed by atoms with Crippen LogP contribution in [0.15, 0.2) is 61.2 Å². The Kier molecular flexibility index (Phi) is 12.7. The summed E-state index contributed by atoms with van der Waals surface area (Å²) < 4.78 is 0. The van der Waals surface area contributed by atoms with E-state index in [1.807, 2.05) is 48.5 Å². The Labute approximate surface area is 191 Å². The van der Waals surface area contributed by atoms with Crippen LogP contribution in [0, 0.1) is 0 Å². The predicted molar refractivity (Wildman–Crippen MR) is 136 cm³/mol. The lowest BCUT2D eigenvalue weighted by Crippen LogP contribution is -2.13. The van der Waals surface area contributed by atoms with Crippen molar-refractivity contribution in [2.24, 2.45) is 0 Å². The molecule has 31 heavy (non-hydrogen) atoms. The molecule has 0 spiro atoms. The molecule has 0 saturated carbocycles. The Morgan fingerprint density at radius 3 is 1.94 bits per heavy atom. The van der Waals surface area contributed by atoms with Crippen LogP contribution in [-0.2, 0) is 0 Å². The summed E-state index contributed by atoms with van der Waals surface area (Å²) in [6.07, 6.45) is 18.8. The lowest BCUT2D eigenvalue weighted by molar-refractivity contribution is 0.0953. The van der Waals surface area contributed by atoms with E-state index in [0.717, 1.165) is 29.5 Å². The fraction of sp³-hybridized carbons (Fsp3) is 0.500. The standard InChI is InChI=1S/C30H42O/c1-3-5-6-7-8-9-10-11-12-13-14-18-24-29(28-23-19-20-26(4-2)25-28)30(31)27-21-16-15-17-22-27/h4,15-17,19-23,25,29H,2-3,5-14,18,24H2,1H3. The zero-order valence-corrected chi connectivity index (χ0v) is 19.7. The number of hydrogen-bond acceptors (Lipinski definition) is 1. The molecule has 0 bridgehead atoms. The molecule has 0 saturated heterocycles. The third-order valence-corrected chi connectivity index (χ3v) is 6.27. The molecule has 0 heterocycles. The Bertz CT molecular complexity index is 746. The summed E-state index contributed by atoms with van der Waals surface area (Å²) in [6.45, 7) is 6.16. The van der Waals surface area contributed by atoms with E-state index in [1.165, 1.54) is 70.6 Å². The number of carbonyl (C=O) groups is 1. The van der Waals surface area contributed by atoms with Gasteiger partial charge in [-0.3, -0.25) is 4.79 Å². The molecule has 1 nitrogen and oxygen atoms in total. The highest BCUT2D eigenvalue weighted by Gasteiger charge is 2.21. The molecular formula is C30H42O. The summed E-state index contributed by atoms with van der Waals surface area (Å²) in [5.41, 5.74) is 3.02. The van der Waals surface area contributed by atoms with E-state index < -0.39 is 0 Å². The number of rotatable bonds is 17. The second-order valence-electron chi connectivity index (χ2n) is 8.83. The van der Waals surface area contributed by atoms with Gasteiger partial charge in [0.1, 0.15) is 0 Å². The second-order valence-corrected chi connectivity index (χ2v) is 8.83. The molecule has 1 heteroatoms. The molecule has 1 unspecified atom stereocenters. The van der Waals surface area contributed by atoms with E-state index in [9.17, 15) is 4.79 Å². The lowest BCUT2D eigenvalue weighted by atomic mass is 9.85. The molecule has 2 rings (SSSR count). The minimum Gasteiger partial charge on any atom is -0.293 e. The number of unbranched alkanes of at least 4 members (excludes halogenated alkanes) is 11. The highest BCUT2D eigenvalue weighted by atomic mass is 16.1. The van der Waals surface area contributed by atoms with Crippen molar-refractivity contribution in [3.63, 3.8) is 0 Å². The van der Waals surface area contributed by atoms with Crippen LogP contribution in [0.1, 0.15) is 118 Å². The van der Waals surface area contributed by atoms with Crippen molar-refractivity contribution in [1.29, 1.82) is 0 Å². The molecule has 0 fully saturated rings. The molecule has 1 atom stereocenters. The Morgan fingerprint density at radius 1 is 0.774 bits per heavy atom. The van der Waals surface area contributed by atoms with Crippen molar-refractivity contribution in [2.45, 2.75) is 96.3 Å². The van der Waals surface area contributed by atoms with Crippen molar-refractivity contribution in [3.05, 3.63) is 77.9 Å². The van der Waals surface area contributed by atoms with Crippen LogP contribution in [0.2, 0.25) is 0 Å². The molecular weight excluding hydrogens is 376 g/mol. The van der Waals surface area contributed by atoms with Crippen LogP contribution < -0.4 is 0 Å². The van der Waals surface area contributed by atoms with Gasteiger partial charge in [0.2, 0.25) is 0 Å². The SMILES string of the molecule is C=Cc1cccc(C(CCCCCCCCCCCCCC)C(=O)c2ccccc2)c1. The van der Waals surface area contributed by atoms with E-state index in [-0.39, 0.29) is 11.7 Å². The average molecular weight is 419 g/mol. The summed E-state index contributed by atoms with van der Waals surface area (Å²) >= 11 is 0. The van der Waals surface area contributed by atoms with E-state index >= 15 is 0 Å². The molecule has 0 N–H and O–H groups in total. The molecule has 2 aromatic carbocycles. The summed E-state index contributed by atoms with van der Waals surface area (Å²) in [6, 6.07) is 18.1. The molecule has 0 aliphatic rings. The van der Waals surface area contributed by atoms with Gasteiger partial charge >= 0.3 is 0 Å². The maximum Gasteiger partial charge on any atom is 0.170 e. The third-order valence-electron chi connectivity index (χ3n) is 6.27. The quantitative estimate of drug-likeness (QED) is 0.185. The fourth-order valence-corrected chi connectivity index (χ4v) is 4.34. The zero-order chi connectivity index (χ0) is 22.2. The third kappa shape index (κ3) is 9.68. The topological polar surface area (TPSA) is 17.1 Å². The van der Waals surface area contributed by atoms with Gasteiger partial charge in [-0.25, -0.2) is 0 Å². The van der Waals surface area contributed by atoms with Gasteiger partial charge in [-0.2, -0.15) is 0 Å². The second kappa shape index (κ2) is 15.6. The van der Waals surface area contributed by atoms with Gasteiger partial charge in [-0.1, -0.05) is 151 Å². The van der Waals surface area contributed by atoms with Crippen LogP contribution in [0.25, 0.3) is 6.08 Å². The first-order valence-electron chi connectivity index (χ1n) is 12.6. The van der Waals surface area contributed by atoms with Crippen LogP contribution >= 0.6 is 0 Å². The van der Waals surface area contributed by atoms with Gasteiger partial charge in [0.15, 0.2) is 5.78 Å². The van der Waals surface area contributed by atoms with Crippen LogP contribution in [-0.4, -0.2) is 5.78 Å². The van der Waals surface area contributed by atoms with Crippen molar-refractivity contribution in [3.8, 4) is 0 Å². The minimum absolute atomic E-state index is 0.0644. The van der Waals surface area contributed by atoms with Gasteiger partial charge < -0.3 is 0 Å². The summed E-state index contributed by atoms with van der Waals surface area (Å²) in [7, 11) is 0. The highest BCUT2D eigenvalue weighted by Crippen LogP contribution is 2.28. The maximum atomic E-state index is 13.3. The van der Waals surface area contributed by atoms with E-state index in [0.29, 0.717) is 0 Å². The number of carbonyl (C=O) groups excluding carboxylic acids is 1. The van der Waals surface area contributed by atoms with Crippen LogP contribution in [0.5, 0.6) is 0 Å². The van der Waals surface area contributed by atoms with Gasteiger partial charge in [0.25, 0.3) is 0 Å². The van der Waals surface area contributed by atoms with E-state index in [4.69, 9.17) is 0 Å². The highest BCUT2D eigenvalue weighted by molar-refractivity contribution is 6.01. The first kappa shape index (κ1) is 25.1. The van der Waals surface area contributed by atoms with E-state index in [2.05, 4.69) is 25.6 Å². The monoisotopic (exact) mass is 418 g/mol. The number of hydrogen-bond donors (Lipinski definition) is 0. The molecule has 0 radical (unpaired) electrons. The summed E-state index contributed by atoms with van der Waals surface area (Å²) in [5.74, 6) is 0.176. The van der Waals surface area contributed by atoms with Gasteiger partial charge in [0.05, 0.1) is 0 Å². The lowest BCUT2D eigenvalue weighted by Gasteiger charge is -2.17. The van der Waals surface area contributed by atoms with Crippen LogP contribution in [0.4, 0.5) is 0 Å². The largest absolute Gasteiger partial charge is 0.293 e. The summed E-state index contributed by atoms with van der Waals surface area (Å²) in [4.78, 5) is 13.3. The van der Waals surface area contributed by atoms with Gasteiger partial charge in [0, 0.05) is 11.5 Å². The van der Waals surface area contributed by atoms with E-state index in [1.54, 1.807) is 0 Å². The molecule has 0 aliphatic heterocycles. The smallest absolute Gasteiger partial charge is 0.170 e. The summed E-state index contributed by atoms with van der Waals surface area (Å²) in [5, 5.41) is 0. The minimum atomic E-state index is -0.0644. The number of benzene rings is 2. The van der Waals surface area contributed by atoms with Crippen LogP contribution in [0.3, 0.4) is 0 Å². The molecule has 2 aromatic rings. The Hall–Kier alpha value is -2.15. The Balaban J connectivity index is 1.76. The average Bonchev–Trinajstić information content (AvgIpc) is 2.82. The van der Waals surface area contributed by atoms with Crippen molar-refractivity contribution in [1.82, 2.24) is 0 Å². The van der Waals surface area contributed by atoms with Gasteiger partial charge in [-0.15, -0.1) is 0 Å².